The maximum Gasteiger partial charge on any atom is 0.00223 e. The van der Waals surface area contributed by atoms with Gasteiger partial charge in [-0.2, -0.15) is 0 Å². The average molecular weight is 266 g/mol. The Morgan fingerprint density at radius 1 is 1.05 bits per heavy atom. The van der Waals surface area contributed by atoms with E-state index in [0.29, 0.717) is 6.04 Å². The summed E-state index contributed by atoms with van der Waals surface area (Å²) in [5, 5.41) is 3.59. The third kappa shape index (κ3) is 5.43. The molecule has 1 N–H and O–H groups in total. The van der Waals surface area contributed by atoms with Crippen LogP contribution in [0.5, 0.6) is 0 Å². The van der Waals surface area contributed by atoms with Gasteiger partial charge in [-0.15, -0.1) is 0 Å². The molecule has 0 aromatic rings. The molecule has 2 nitrogen and oxygen atoms in total. The standard InChI is InChI=1S/C17H34N2/c1-14(2)18-12-17-9-11-19(13-17)10-8-16-6-4-15(3)5-7-16/h14-18H,4-13H2,1-3H3. The summed E-state index contributed by atoms with van der Waals surface area (Å²) in [6.07, 6.45) is 8.80. The second kappa shape index (κ2) is 7.64. The molecule has 1 aliphatic heterocycles. The molecule has 1 unspecified atom stereocenters. The molecule has 1 aliphatic carbocycles. The van der Waals surface area contributed by atoms with Gasteiger partial charge in [0.15, 0.2) is 0 Å². The Hall–Kier alpha value is -0.0800. The van der Waals surface area contributed by atoms with E-state index in [1.165, 1.54) is 64.7 Å². The fourth-order valence-corrected chi connectivity index (χ4v) is 3.67. The van der Waals surface area contributed by atoms with Crippen LogP contribution in [0.4, 0.5) is 0 Å². The van der Waals surface area contributed by atoms with E-state index < -0.39 is 0 Å². The van der Waals surface area contributed by atoms with Crippen LogP contribution < -0.4 is 5.32 Å². The molecule has 1 saturated carbocycles. The number of hydrogen-bond acceptors (Lipinski definition) is 2. The fourth-order valence-electron chi connectivity index (χ4n) is 3.67. The number of nitrogens with zero attached hydrogens (tertiary/aromatic N) is 1. The minimum Gasteiger partial charge on any atom is -0.314 e. The summed E-state index contributed by atoms with van der Waals surface area (Å²) < 4.78 is 0. The molecule has 0 aromatic heterocycles. The molecule has 2 rings (SSSR count). The molecule has 1 atom stereocenters. The Morgan fingerprint density at radius 2 is 1.79 bits per heavy atom. The van der Waals surface area contributed by atoms with E-state index in [1.54, 1.807) is 0 Å². The zero-order valence-electron chi connectivity index (χ0n) is 13.3. The zero-order valence-corrected chi connectivity index (χ0v) is 13.3. The summed E-state index contributed by atoms with van der Waals surface area (Å²) in [5.41, 5.74) is 0. The van der Waals surface area contributed by atoms with Gasteiger partial charge in [0.25, 0.3) is 0 Å². The average Bonchev–Trinajstić information content (AvgIpc) is 2.84. The molecule has 0 aromatic carbocycles. The lowest BCUT2D eigenvalue weighted by atomic mass is 9.81. The number of likely N-dealkylation sites (tertiary alicyclic amines) is 1. The zero-order chi connectivity index (χ0) is 13.7. The monoisotopic (exact) mass is 266 g/mol. The number of nitrogens with one attached hydrogen (secondary N) is 1. The van der Waals surface area contributed by atoms with E-state index in [2.05, 4.69) is 31.0 Å². The van der Waals surface area contributed by atoms with E-state index in [0.717, 1.165) is 17.8 Å². The first kappa shape index (κ1) is 15.3. The highest BCUT2D eigenvalue weighted by molar-refractivity contribution is 4.79. The van der Waals surface area contributed by atoms with Crippen LogP contribution in [0.2, 0.25) is 0 Å². The first-order chi connectivity index (χ1) is 9.13. The second-order valence-corrected chi connectivity index (χ2v) is 7.43. The Morgan fingerprint density at radius 3 is 2.47 bits per heavy atom. The summed E-state index contributed by atoms with van der Waals surface area (Å²) in [5.74, 6) is 2.92. The molecule has 1 saturated heterocycles. The van der Waals surface area contributed by atoms with Gasteiger partial charge in [-0.25, -0.2) is 0 Å². The summed E-state index contributed by atoms with van der Waals surface area (Å²) in [7, 11) is 0. The van der Waals surface area contributed by atoms with Crippen molar-refractivity contribution in [2.45, 2.75) is 65.3 Å². The van der Waals surface area contributed by atoms with Gasteiger partial charge in [-0.3, -0.25) is 0 Å². The van der Waals surface area contributed by atoms with Gasteiger partial charge < -0.3 is 10.2 Å². The number of hydrogen-bond donors (Lipinski definition) is 1. The van der Waals surface area contributed by atoms with Crippen LogP contribution in [-0.4, -0.2) is 37.1 Å². The Balaban J connectivity index is 1.57. The van der Waals surface area contributed by atoms with Crippen molar-refractivity contribution in [2.24, 2.45) is 17.8 Å². The maximum atomic E-state index is 3.59. The van der Waals surface area contributed by atoms with Crippen molar-refractivity contribution in [3.05, 3.63) is 0 Å². The van der Waals surface area contributed by atoms with Gasteiger partial charge in [-0.1, -0.05) is 46.5 Å². The highest BCUT2D eigenvalue weighted by atomic mass is 15.1. The van der Waals surface area contributed by atoms with Crippen molar-refractivity contribution >= 4 is 0 Å². The minimum absolute atomic E-state index is 0.637. The molecule has 0 bridgehead atoms. The highest BCUT2D eigenvalue weighted by Crippen LogP contribution is 2.30. The fraction of sp³-hybridized carbons (Fsp3) is 1.00. The smallest absolute Gasteiger partial charge is 0.00223 e. The third-order valence-corrected chi connectivity index (χ3v) is 5.17. The van der Waals surface area contributed by atoms with Crippen molar-refractivity contribution in [1.29, 1.82) is 0 Å². The lowest BCUT2D eigenvalue weighted by Gasteiger charge is -2.27. The van der Waals surface area contributed by atoms with E-state index in [4.69, 9.17) is 0 Å². The summed E-state index contributed by atoms with van der Waals surface area (Å²) in [4.78, 5) is 2.71. The predicted molar refractivity (Wildman–Crippen MR) is 83.4 cm³/mol. The van der Waals surface area contributed by atoms with E-state index in [1.807, 2.05) is 0 Å². The Labute approximate surface area is 120 Å². The van der Waals surface area contributed by atoms with Crippen molar-refractivity contribution in [1.82, 2.24) is 10.2 Å². The van der Waals surface area contributed by atoms with E-state index in [9.17, 15) is 0 Å². The third-order valence-electron chi connectivity index (χ3n) is 5.17. The minimum atomic E-state index is 0.637. The van der Waals surface area contributed by atoms with Gasteiger partial charge in [0, 0.05) is 12.6 Å². The molecule has 0 radical (unpaired) electrons. The SMILES string of the molecule is CC1CCC(CCN2CCC(CNC(C)C)C2)CC1. The van der Waals surface area contributed by atoms with Crippen LogP contribution in [0.3, 0.4) is 0 Å². The van der Waals surface area contributed by atoms with Crippen LogP contribution in [0.25, 0.3) is 0 Å². The quantitative estimate of drug-likeness (QED) is 0.791. The Kier molecular flexibility index (Phi) is 6.15. The molecule has 0 spiro atoms. The van der Waals surface area contributed by atoms with Crippen LogP contribution in [-0.2, 0) is 0 Å². The summed E-state index contributed by atoms with van der Waals surface area (Å²) in [6, 6.07) is 0.637. The summed E-state index contributed by atoms with van der Waals surface area (Å²) >= 11 is 0. The largest absolute Gasteiger partial charge is 0.314 e. The molecule has 2 fully saturated rings. The van der Waals surface area contributed by atoms with Crippen molar-refractivity contribution < 1.29 is 0 Å². The van der Waals surface area contributed by atoms with Gasteiger partial charge in [0.1, 0.15) is 0 Å². The summed E-state index contributed by atoms with van der Waals surface area (Å²) in [6.45, 7) is 12.2. The van der Waals surface area contributed by atoms with E-state index >= 15 is 0 Å². The van der Waals surface area contributed by atoms with Crippen LogP contribution in [0.1, 0.15) is 59.3 Å². The molecule has 19 heavy (non-hydrogen) atoms. The molecule has 1 heterocycles. The molecular weight excluding hydrogens is 232 g/mol. The second-order valence-electron chi connectivity index (χ2n) is 7.43. The lowest BCUT2D eigenvalue weighted by Crippen LogP contribution is -2.31. The first-order valence-electron chi connectivity index (χ1n) is 8.59. The topological polar surface area (TPSA) is 15.3 Å². The highest BCUT2D eigenvalue weighted by Gasteiger charge is 2.24. The maximum absolute atomic E-state index is 3.59. The van der Waals surface area contributed by atoms with Crippen LogP contribution in [0.15, 0.2) is 0 Å². The lowest BCUT2D eigenvalue weighted by molar-refractivity contribution is 0.234. The van der Waals surface area contributed by atoms with Crippen molar-refractivity contribution in [2.75, 3.05) is 26.2 Å². The molecule has 112 valence electrons. The first-order valence-corrected chi connectivity index (χ1v) is 8.59. The normalized spacial score (nSPS) is 33.2. The van der Waals surface area contributed by atoms with Crippen molar-refractivity contribution in [3.63, 3.8) is 0 Å². The Bertz CT molecular complexity index is 244. The van der Waals surface area contributed by atoms with Gasteiger partial charge >= 0.3 is 0 Å². The molecule has 0 amide bonds. The van der Waals surface area contributed by atoms with Gasteiger partial charge in [0.2, 0.25) is 0 Å². The van der Waals surface area contributed by atoms with Crippen molar-refractivity contribution in [3.8, 4) is 0 Å². The van der Waals surface area contributed by atoms with Crippen LogP contribution in [0, 0.1) is 17.8 Å². The van der Waals surface area contributed by atoms with Gasteiger partial charge in [-0.05, 0) is 50.2 Å². The van der Waals surface area contributed by atoms with E-state index in [-0.39, 0.29) is 0 Å². The molecule has 2 heteroatoms. The number of rotatable bonds is 6. The molecule has 2 aliphatic rings. The van der Waals surface area contributed by atoms with Crippen LogP contribution >= 0.6 is 0 Å². The van der Waals surface area contributed by atoms with Gasteiger partial charge in [0.05, 0.1) is 0 Å². The molecular formula is C17H34N2. The predicted octanol–water partition coefficient (Wildman–Crippen LogP) is 3.52.